The summed E-state index contributed by atoms with van der Waals surface area (Å²) in [5.41, 5.74) is -0.185. The third kappa shape index (κ3) is 2.61. The fraction of sp³-hybridized carbons (Fsp3) is 1.00. The number of halogens is 1. The zero-order chi connectivity index (χ0) is 8.86. The van der Waals surface area contributed by atoms with Gasteiger partial charge in [-0.15, -0.1) is 11.6 Å². The summed E-state index contributed by atoms with van der Waals surface area (Å²) in [5, 5.41) is 0. The molecule has 0 amide bonds. The van der Waals surface area contributed by atoms with Crippen LogP contribution in [0.15, 0.2) is 0 Å². The van der Waals surface area contributed by atoms with E-state index in [-0.39, 0.29) is 5.60 Å². The Balaban J connectivity index is 2.37. The standard InChI is InChI=1S/C9H17ClO2/c1-2-11-8-9(7-10)5-3-4-6-12-9/h2-8H2,1H3. The third-order valence-electron chi connectivity index (χ3n) is 2.25. The van der Waals surface area contributed by atoms with Crippen molar-refractivity contribution in [3.63, 3.8) is 0 Å². The summed E-state index contributed by atoms with van der Waals surface area (Å²) in [6.45, 7) is 4.21. The van der Waals surface area contributed by atoms with Gasteiger partial charge in [0.05, 0.1) is 12.5 Å². The van der Waals surface area contributed by atoms with E-state index < -0.39 is 0 Å². The van der Waals surface area contributed by atoms with Crippen molar-refractivity contribution in [3.8, 4) is 0 Å². The number of hydrogen-bond donors (Lipinski definition) is 0. The Morgan fingerprint density at radius 2 is 2.33 bits per heavy atom. The molecule has 1 aliphatic heterocycles. The molecule has 1 heterocycles. The van der Waals surface area contributed by atoms with Crippen molar-refractivity contribution in [1.29, 1.82) is 0 Å². The molecule has 0 aromatic heterocycles. The maximum Gasteiger partial charge on any atom is 0.105 e. The third-order valence-corrected chi connectivity index (χ3v) is 2.73. The summed E-state index contributed by atoms with van der Waals surface area (Å²) in [6.07, 6.45) is 3.40. The summed E-state index contributed by atoms with van der Waals surface area (Å²) in [7, 11) is 0. The van der Waals surface area contributed by atoms with Crippen molar-refractivity contribution < 1.29 is 9.47 Å². The lowest BCUT2D eigenvalue weighted by Crippen LogP contribution is -2.42. The minimum absolute atomic E-state index is 0.185. The molecule has 0 aromatic rings. The molecule has 12 heavy (non-hydrogen) atoms. The number of alkyl halides is 1. The molecule has 1 atom stereocenters. The van der Waals surface area contributed by atoms with Crippen LogP contribution in [0.3, 0.4) is 0 Å². The second-order valence-corrected chi connectivity index (χ2v) is 3.53. The maximum atomic E-state index is 5.87. The van der Waals surface area contributed by atoms with E-state index >= 15 is 0 Å². The van der Waals surface area contributed by atoms with Gasteiger partial charge in [0.15, 0.2) is 0 Å². The lowest BCUT2D eigenvalue weighted by molar-refractivity contribution is -0.107. The summed E-state index contributed by atoms with van der Waals surface area (Å²) in [4.78, 5) is 0. The Hall–Kier alpha value is 0.210. The van der Waals surface area contributed by atoms with E-state index in [1.54, 1.807) is 0 Å². The van der Waals surface area contributed by atoms with Gasteiger partial charge in [-0.3, -0.25) is 0 Å². The summed E-state index contributed by atoms with van der Waals surface area (Å²) < 4.78 is 11.0. The average Bonchev–Trinajstić information content (AvgIpc) is 2.16. The Morgan fingerprint density at radius 3 is 2.83 bits per heavy atom. The highest BCUT2D eigenvalue weighted by Gasteiger charge is 2.32. The molecule has 0 radical (unpaired) electrons. The topological polar surface area (TPSA) is 18.5 Å². The lowest BCUT2D eigenvalue weighted by Gasteiger charge is -2.35. The second kappa shape index (κ2) is 5.05. The monoisotopic (exact) mass is 192 g/mol. The van der Waals surface area contributed by atoms with Gasteiger partial charge in [0.1, 0.15) is 5.60 Å². The molecule has 0 spiro atoms. The van der Waals surface area contributed by atoms with Crippen molar-refractivity contribution >= 4 is 11.6 Å². The van der Waals surface area contributed by atoms with Crippen molar-refractivity contribution in [1.82, 2.24) is 0 Å². The van der Waals surface area contributed by atoms with Gasteiger partial charge < -0.3 is 9.47 Å². The van der Waals surface area contributed by atoms with Crippen molar-refractivity contribution in [2.45, 2.75) is 31.8 Å². The molecular weight excluding hydrogens is 176 g/mol. The molecule has 2 nitrogen and oxygen atoms in total. The lowest BCUT2D eigenvalue weighted by atomic mass is 9.97. The maximum absolute atomic E-state index is 5.87. The first-order chi connectivity index (χ1) is 5.83. The molecule has 1 unspecified atom stereocenters. The van der Waals surface area contributed by atoms with Crippen LogP contribution in [-0.4, -0.2) is 31.3 Å². The Bertz CT molecular complexity index is 122. The van der Waals surface area contributed by atoms with Gasteiger partial charge in [-0.25, -0.2) is 0 Å². The highest BCUT2D eigenvalue weighted by molar-refractivity contribution is 6.18. The Labute approximate surface area is 79.2 Å². The van der Waals surface area contributed by atoms with Crippen LogP contribution in [0.1, 0.15) is 26.2 Å². The van der Waals surface area contributed by atoms with Crippen LogP contribution in [-0.2, 0) is 9.47 Å². The zero-order valence-electron chi connectivity index (χ0n) is 7.64. The van der Waals surface area contributed by atoms with Crippen LogP contribution in [0.4, 0.5) is 0 Å². The van der Waals surface area contributed by atoms with Gasteiger partial charge in [-0.05, 0) is 26.2 Å². The van der Waals surface area contributed by atoms with E-state index in [2.05, 4.69) is 0 Å². The molecule has 0 N–H and O–H groups in total. The van der Waals surface area contributed by atoms with E-state index in [0.717, 1.165) is 26.1 Å². The van der Waals surface area contributed by atoms with Crippen molar-refractivity contribution in [3.05, 3.63) is 0 Å². The first kappa shape index (κ1) is 10.3. The van der Waals surface area contributed by atoms with Crippen LogP contribution in [0, 0.1) is 0 Å². The second-order valence-electron chi connectivity index (χ2n) is 3.26. The first-order valence-corrected chi connectivity index (χ1v) is 5.14. The minimum Gasteiger partial charge on any atom is -0.379 e. The molecule has 1 rings (SSSR count). The quantitative estimate of drug-likeness (QED) is 0.636. The highest BCUT2D eigenvalue weighted by atomic mass is 35.5. The van der Waals surface area contributed by atoms with Gasteiger partial charge >= 0.3 is 0 Å². The fourth-order valence-corrected chi connectivity index (χ4v) is 1.74. The summed E-state index contributed by atoms with van der Waals surface area (Å²) in [6, 6.07) is 0. The summed E-state index contributed by atoms with van der Waals surface area (Å²) in [5.74, 6) is 0.549. The average molecular weight is 193 g/mol. The highest BCUT2D eigenvalue weighted by Crippen LogP contribution is 2.26. The van der Waals surface area contributed by atoms with Crippen LogP contribution >= 0.6 is 11.6 Å². The Morgan fingerprint density at radius 1 is 1.50 bits per heavy atom. The normalized spacial score (nSPS) is 30.5. The number of ether oxygens (including phenoxy) is 2. The minimum atomic E-state index is -0.185. The van der Waals surface area contributed by atoms with Gasteiger partial charge in [-0.1, -0.05) is 0 Å². The molecule has 1 aliphatic rings. The van der Waals surface area contributed by atoms with Crippen LogP contribution in [0.5, 0.6) is 0 Å². The van der Waals surface area contributed by atoms with E-state index in [1.165, 1.54) is 6.42 Å². The van der Waals surface area contributed by atoms with E-state index in [1.807, 2.05) is 6.92 Å². The first-order valence-electron chi connectivity index (χ1n) is 4.61. The molecule has 72 valence electrons. The molecule has 0 aliphatic carbocycles. The predicted octanol–water partition coefficient (Wildman–Crippen LogP) is 2.20. The largest absolute Gasteiger partial charge is 0.379 e. The van der Waals surface area contributed by atoms with Crippen LogP contribution < -0.4 is 0 Å². The predicted molar refractivity (Wildman–Crippen MR) is 49.7 cm³/mol. The van der Waals surface area contributed by atoms with Crippen LogP contribution in [0.2, 0.25) is 0 Å². The van der Waals surface area contributed by atoms with E-state index in [9.17, 15) is 0 Å². The smallest absolute Gasteiger partial charge is 0.105 e. The van der Waals surface area contributed by atoms with E-state index in [4.69, 9.17) is 21.1 Å². The van der Waals surface area contributed by atoms with Gasteiger partial charge in [0.25, 0.3) is 0 Å². The van der Waals surface area contributed by atoms with Gasteiger partial charge in [0.2, 0.25) is 0 Å². The Kier molecular flexibility index (Phi) is 4.33. The summed E-state index contributed by atoms with van der Waals surface area (Å²) >= 11 is 5.87. The van der Waals surface area contributed by atoms with Crippen molar-refractivity contribution in [2.75, 3.05) is 25.7 Å². The zero-order valence-corrected chi connectivity index (χ0v) is 8.40. The molecule has 1 fully saturated rings. The van der Waals surface area contributed by atoms with Gasteiger partial charge in [-0.2, -0.15) is 0 Å². The molecular formula is C9H17ClO2. The fourth-order valence-electron chi connectivity index (χ4n) is 1.46. The molecule has 1 saturated heterocycles. The van der Waals surface area contributed by atoms with Crippen LogP contribution in [0.25, 0.3) is 0 Å². The van der Waals surface area contributed by atoms with E-state index in [0.29, 0.717) is 12.5 Å². The molecule has 3 heteroatoms. The molecule has 0 saturated carbocycles. The van der Waals surface area contributed by atoms with Crippen molar-refractivity contribution in [2.24, 2.45) is 0 Å². The number of hydrogen-bond acceptors (Lipinski definition) is 2. The molecule has 0 aromatic carbocycles. The molecule has 0 bridgehead atoms. The SMILES string of the molecule is CCOCC1(CCl)CCCCO1. The van der Waals surface area contributed by atoms with Gasteiger partial charge in [0, 0.05) is 13.2 Å². The number of rotatable bonds is 4.